The normalized spacial score (nSPS) is 10.1. The predicted octanol–water partition coefficient (Wildman–Crippen LogP) is 1.55. The van der Waals surface area contributed by atoms with Gasteiger partial charge in [0, 0.05) is 5.69 Å². The second kappa shape index (κ2) is 8.07. The largest absolute Gasteiger partial charge is 0.462 e. The number of hydrogen-bond donors (Lipinski definition) is 1. The number of nitrogens with one attached hydrogen (secondary N) is 1. The summed E-state index contributed by atoms with van der Waals surface area (Å²) in [5.41, 5.74) is 1.21. The maximum Gasteiger partial charge on any atom is 0.338 e. The third-order valence-corrected chi connectivity index (χ3v) is 3.72. The Balaban J connectivity index is 2.13. The van der Waals surface area contributed by atoms with Gasteiger partial charge in [-0.05, 0) is 50.6 Å². The Morgan fingerprint density at radius 2 is 1.92 bits per heavy atom. The SMILES string of the molecule is CCOC(=O)c1ccc(NC(=O)Cn2nc(C)c(C)c(C#N)c2=O)cc1. The number of carbonyl (C=O) groups excluding carboxylic acids is 2. The number of nitriles is 1. The third-order valence-electron chi connectivity index (χ3n) is 3.72. The quantitative estimate of drug-likeness (QED) is 0.815. The fraction of sp³-hybridized carbons (Fsp3) is 0.278. The van der Waals surface area contributed by atoms with E-state index in [1.54, 1.807) is 32.9 Å². The zero-order valence-electron chi connectivity index (χ0n) is 14.7. The van der Waals surface area contributed by atoms with Gasteiger partial charge in [0.15, 0.2) is 0 Å². The maximum absolute atomic E-state index is 12.2. The average molecular weight is 354 g/mol. The van der Waals surface area contributed by atoms with Crippen molar-refractivity contribution < 1.29 is 14.3 Å². The summed E-state index contributed by atoms with van der Waals surface area (Å²) < 4.78 is 5.85. The molecule has 0 fully saturated rings. The van der Waals surface area contributed by atoms with Crippen LogP contribution in [0.25, 0.3) is 0 Å². The molecule has 0 aliphatic heterocycles. The first-order valence-electron chi connectivity index (χ1n) is 7.92. The summed E-state index contributed by atoms with van der Waals surface area (Å²) in [6, 6.07) is 8.02. The average Bonchev–Trinajstić information content (AvgIpc) is 2.61. The smallest absolute Gasteiger partial charge is 0.338 e. The maximum atomic E-state index is 12.2. The van der Waals surface area contributed by atoms with Gasteiger partial charge in [0.1, 0.15) is 18.2 Å². The lowest BCUT2D eigenvalue weighted by atomic mass is 10.1. The van der Waals surface area contributed by atoms with Gasteiger partial charge in [0.05, 0.1) is 17.9 Å². The molecular formula is C18H18N4O4. The first-order valence-corrected chi connectivity index (χ1v) is 7.92. The predicted molar refractivity (Wildman–Crippen MR) is 93.7 cm³/mol. The van der Waals surface area contributed by atoms with E-state index >= 15 is 0 Å². The number of aryl methyl sites for hydroxylation is 1. The van der Waals surface area contributed by atoms with E-state index in [2.05, 4.69) is 10.4 Å². The Labute approximate surface area is 150 Å². The van der Waals surface area contributed by atoms with E-state index in [0.717, 1.165) is 4.68 Å². The van der Waals surface area contributed by atoms with Crippen molar-refractivity contribution in [1.82, 2.24) is 9.78 Å². The van der Waals surface area contributed by atoms with E-state index in [4.69, 9.17) is 10.00 Å². The number of rotatable bonds is 5. The van der Waals surface area contributed by atoms with Crippen LogP contribution < -0.4 is 10.9 Å². The van der Waals surface area contributed by atoms with Crippen molar-refractivity contribution >= 4 is 17.6 Å². The van der Waals surface area contributed by atoms with Gasteiger partial charge < -0.3 is 10.1 Å². The molecule has 0 radical (unpaired) electrons. The fourth-order valence-electron chi connectivity index (χ4n) is 2.25. The molecule has 1 aromatic heterocycles. The molecule has 2 rings (SSSR count). The molecule has 0 unspecified atom stereocenters. The number of carbonyl (C=O) groups is 2. The Kier molecular flexibility index (Phi) is 5.86. The highest BCUT2D eigenvalue weighted by Gasteiger charge is 2.14. The van der Waals surface area contributed by atoms with Gasteiger partial charge in [-0.3, -0.25) is 9.59 Å². The van der Waals surface area contributed by atoms with Crippen LogP contribution in [0.4, 0.5) is 5.69 Å². The molecule has 0 atom stereocenters. The van der Waals surface area contributed by atoms with Gasteiger partial charge in [-0.2, -0.15) is 10.4 Å². The Morgan fingerprint density at radius 1 is 1.27 bits per heavy atom. The highest BCUT2D eigenvalue weighted by atomic mass is 16.5. The lowest BCUT2D eigenvalue weighted by molar-refractivity contribution is -0.117. The van der Waals surface area contributed by atoms with Crippen molar-refractivity contribution in [3.63, 3.8) is 0 Å². The number of aromatic nitrogens is 2. The number of amides is 1. The molecule has 1 N–H and O–H groups in total. The zero-order valence-corrected chi connectivity index (χ0v) is 14.7. The number of nitrogens with zero attached hydrogens (tertiary/aromatic N) is 3. The first-order chi connectivity index (χ1) is 12.4. The first kappa shape index (κ1) is 18.9. The standard InChI is InChI=1S/C18H18N4O4/c1-4-26-18(25)13-5-7-14(8-6-13)20-16(23)10-22-17(24)15(9-19)11(2)12(3)21-22/h5-8H,4,10H2,1-3H3,(H,20,23). The molecular weight excluding hydrogens is 336 g/mol. The molecule has 2 aromatic rings. The van der Waals surface area contributed by atoms with Gasteiger partial charge in [-0.1, -0.05) is 0 Å². The Bertz CT molecular complexity index is 939. The van der Waals surface area contributed by atoms with E-state index in [1.165, 1.54) is 12.1 Å². The van der Waals surface area contributed by atoms with Crippen LogP contribution >= 0.6 is 0 Å². The van der Waals surface area contributed by atoms with Crippen LogP contribution in [-0.2, 0) is 16.1 Å². The molecule has 1 heterocycles. The summed E-state index contributed by atoms with van der Waals surface area (Å²) in [5, 5.41) is 15.8. The molecule has 0 aliphatic rings. The molecule has 26 heavy (non-hydrogen) atoms. The molecule has 1 amide bonds. The molecule has 0 saturated carbocycles. The van der Waals surface area contributed by atoms with Crippen molar-refractivity contribution in [1.29, 1.82) is 5.26 Å². The van der Waals surface area contributed by atoms with Crippen molar-refractivity contribution in [2.45, 2.75) is 27.3 Å². The minimum atomic E-state index is -0.608. The molecule has 0 bridgehead atoms. The van der Waals surface area contributed by atoms with Crippen LogP contribution in [0.15, 0.2) is 29.1 Å². The van der Waals surface area contributed by atoms with Gasteiger partial charge in [0.25, 0.3) is 5.56 Å². The van der Waals surface area contributed by atoms with E-state index in [0.29, 0.717) is 22.5 Å². The van der Waals surface area contributed by atoms with Gasteiger partial charge >= 0.3 is 5.97 Å². The number of hydrogen-bond acceptors (Lipinski definition) is 6. The van der Waals surface area contributed by atoms with Crippen LogP contribution in [0.5, 0.6) is 0 Å². The molecule has 8 nitrogen and oxygen atoms in total. The molecule has 0 aliphatic carbocycles. The van der Waals surface area contributed by atoms with Crippen molar-refractivity contribution in [2.75, 3.05) is 11.9 Å². The van der Waals surface area contributed by atoms with Crippen LogP contribution in [-0.4, -0.2) is 28.3 Å². The van der Waals surface area contributed by atoms with Crippen LogP contribution in [0, 0.1) is 25.2 Å². The minimum Gasteiger partial charge on any atom is -0.462 e. The zero-order chi connectivity index (χ0) is 19.3. The topological polar surface area (TPSA) is 114 Å². The number of esters is 1. The van der Waals surface area contributed by atoms with E-state index in [9.17, 15) is 14.4 Å². The summed E-state index contributed by atoms with van der Waals surface area (Å²) in [4.78, 5) is 35.9. The van der Waals surface area contributed by atoms with E-state index < -0.39 is 17.4 Å². The van der Waals surface area contributed by atoms with Crippen LogP contribution in [0.3, 0.4) is 0 Å². The Hall–Kier alpha value is -3.47. The van der Waals surface area contributed by atoms with Crippen molar-refractivity contribution in [2.24, 2.45) is 0 Å². The third kappa shape index (κ3) is 4.13. The summed E-state index contributed by atoms with van der Waals surface area (Å²) >= 11 is 0. The summed E-state index contributed by atoms with van der Waals surface area (Å²) in [5.74, 6) is -0.920. The lowest BCUT2D eigenvalue weighted by Crippen LogP contribution is -2.32. The monoisotopic (exact) mass is 354 g/mol. The fourth-order valence-corrected chi connectivity index (χ4v) is 2.25. The van der Waals surface area contributed by atoms with Gasteiger partial charge in [-0.25, -0.2) is 9.48 Å². The second-order valence-corrected chi connectivity index (χ2v) is 5.51. The molecule has 0 saturated heterocycles. The number of anilines is 1. The van der Waals surface area contributed by atoms with E-state index in [-0.39, 0.29) is 18.7 Å². The van der Waals surface area contributed by atoms with Crippen molar-refractivity contribution in [3.05, 3.63) is 57.0 Å². The lowest BCUT2D eigenvalue weighted by Gasteiger charge is -2.10. The number of ether oxygens (including phenoxy) is 1. The Morgan fingerprint density at radius 3 is 2.50 bits per heavy atom. The van der Waals surface area contributed by atoms with Gasteiger partial charge in [0.2, 0.25) is 5.91 Å². The van der Waals surface area contributed by atoms with E-state index in [1.807, 2.05) is 6.07 Å². The highest BCUT2D eigenvalue weighted by molar-refractivity contribution is 5.92. The second-order valence-electron chi connectivity index (χ2n) is 5.51. The number of benzene rings is 1. The molecule has 8 heteroatoms. The summed E-state index contributed by atoms with van der Waals surface area (Å²) in [7, 11) is 0. The minimum absolute atomic E-state index is 0.0240. The van der Waals surface area contributed by atoms with Crippen LogP contribution in [0.2, 0.25) is 0 Å². The molecule has 1 aromatic carbocycles. The molecule has 134 valence electrons. The summed E-state index contributed by atoms with van der Waals surface area (Å²) in [6.07, 6.45) is 0. The van der Waals surface area contributed by atoms with Crippen molar-refractivity contribution in [3.8, 4) is 6.07 Å². The van der Waals surface area contributed by atoms with Gasteiger partial charge in [-0.15, -0.1) is 0 Å². The van der Waals surface area contributed by atoms with Crippen LogP contribution in [0.1, 0.15) is 34.1 Å². The summed E-state index contributed by atoms with van der Waals surface area (Å²) in [6.45, 7) is 4.97. The molecule has 0 spiro atoms. The highest BCUT2D eigenvalue weighted by Crippen LogP contribution is 2.11.